The number of anilines is 1. The molecule has 0 aliphatic rings. The molecule has 1 N–H and O–H groups in total. The summed E-state index contributed by atoms with van der Waals surface area (Å²) in [5.41, 5.74) is 0.973. The number of carbonyl (C=O) groups excluding carboxylic acids is 2. The van der Waals surface area contributed by atoms with Crippen LogP contribution in [0.4, 0.5) is 5.69 Å². The molecule has 8 nitrogen and oxygen atoms in total. The highest BCUT2D eigenvalue weighted by Crippen LogP contribution is 2.22. The van der Waals surface area contributed by atoms with Crippen LogP contribution < -0.4 is 5.32 Å². The van der Waals surface area contributed by atoms with Crippen LogP contribution in [0.2, 0.25) is 0 Å². The molecular formula is C17H19BrN2O6S. The molecule has 1 amide bonds. The summed E-state index contributed by atoms with van der Waals surface area (Å²) in [5, 5.41) is 2.58. The molecule has 2 rings (SSSR count). The van der Waals surface area contributed by atoms with Crippen LogP contribution in [0.1, 0.15) is 23.0 Å². The van der Waals surface area contributed by atoms with Crippen molar-refractivity contribution in [3.63, 3.8) is 0 Å². The third-order valence-electron chi connectivity index (χ3n) is 3.67. The second kappa shape index (κ2) is 8.24. The summed E-state index contributed by atoms with van der Waals surface area (Å²) in [6.07, 6.45) is -1.12. The molecule has 146 valence electrons. The predicted molar refractivity (Wildman–Crippen MR) is 102 cm³/mol. The molecule has 0 bridgehead atoms. The molecule has 0 aliphatic carbocycles. The average molecular weight is 459 g/mol. The lowest BCUT2D eigenvalue weighted by Gasteiger charge is -2.16. The van der Waals surface area contributed by atoms with Gasteiger partial charge in [-0.15, -0.1) is 0 Å². The van der Waals surface area contributed by atoms with Gasteiger partial charge in [-0.25, -0.2) is 17.5 Å². The van der Waals surface area contributed by atoms with Gasteiger partial charge in [0.05, 0.1) is 4.90 Å². The minimum atomic E-state index is -3.65. The Morgan fingerprint density at radius 1 is 1.22 bits per heavy atom. The Labute approximate surface area is 165 Å². The number of hydrogen-bond donors (Lipinski definition) is 1. The fourth-order valence-electron chi connectivity index (χ4n) is 2.04. The zero-order valence-corrected chi connectivity index (χ0v) is 17.5. The summed E-state index contributed by atoms with van der Waals surface area (Å²) in [5.74, 6) is -1.43. The Kier molecular flexibility index (Phi) is 6.45. The van der Waals surface area contributed by atoms with Crippen molar-refractivity contribution in [1.82, 2.24) is 4.31 Å². The number of carbonyl (C=O) groups is 2. The van der Waals surface area contributed by atoms with E-state index in [0.717, 1.165) is 4.31 Å². The van der Waals surface area contributed by atoms with Crippen LogP contribution in [0.5, 0.6) is 0 Å². The van der Waals surface area contributed by atoms with Gasteiger partial charge in [0.25, 0.3) is 5.91 Å². The number of nitrogens with one attached hydrogen (secondary N) is 1. The van der Waals surface area contributed by atoms with E-state index in [2.05, 4.69) is 21.2 Å². The second-order valence-electron chi connectivity index (χ2n) is 5.90. The number of hydrogen-bond acceptors (Lipinski definition) is 6. The van der Waals surface area contributed by atoms with Gasteiger partial charge in [-0.1, -0.05) is 6.07 Å². The topological polar surface area (TPSA) is 106 Å². The smallest absolute Gasteiger partial charge is 0.375 e. The number of amides is 1. The van der Waals surface area contributed by atoms with Crippen LogP contribution >= 0.6 is 15.9 Å². The Bertz CT molecular complexity index is 968. The summed E-state index contributed by atoms with van der Waals surface area (Å²) < 4.78 is 36.1. The number of halogens is 1. The number of ether oxygens (including phenoxy) is 1. The van der Waals surface area contributed by atoms with E-state index < -0.39 is 28.0 Å². The summed E-state index contributed by atoms with van der Waals surface area (Å²) in [7, 11) is -0.808. The van der Waals surface area contributed by atoms with Crippen LogP contribution in [0.25, 0.3) is 0 Å². The zero-order valence-electron chi connectivity index (χ0n) is 15.1. The van der Waals surface area contributed by atoms with Gasteiger partial charge in [-0.05, 0) is 59.6 Å². The minimum absolute atomic E-state index is 0.0403. The Morgan fingerprint density at radius 3 is 2.44 bits per heavy atom. The molecule has 1 aromatic heterocycles. The molecule has 1 aromatic carbocycles. The molecule has 0 saturated carbocycles. The van der Waals surface area contributed by atoms with Crippen molar-refractivity contribution in [1.29, 1.82) is 0 Å². The van der Waals surface area contributed by atoms with Gasteiger partial charge in [-0.2, -0.15) is 0 Å². The SMILES string of the molecule is Cc1ccc(S(=O)(=O)N(C)C)cc1NC(=O)C(C)OC(=O)c1ccc(Br)o1. The Morgan fingerprint density at radius 2 is 1.89 bits per heavy atom. The molecule has 0 radical (unpaired) electrons. The molecule has 1 unspecified atom stereocenters. The van der Waals surface area contributed by atoms with Gasteiger partial charge in [0.2, 0.25) is 15.8 Å². The van der Waals surface area contributed by atoms with Crippen LogP contribution in [0, 0.1) is 6.92 Å². The quantitative estimate of drug-likeness (QED) is 0.666. The summed E-state index contributed by atoms with van der Waals surface area (Å²) in [6.45, 7) is 3.12. The van der Waals surface area contributed by atoms with E-state index in [1.807, 2.05) is 0 Å². The molecule has 0 spiro atoms. The fourth-order valence-corrected chi connectivity index (χ4v) is 3.27. The molecule has 10 heteroatoms. The Hall–Kier alpha value is -2.17. The third kappa shape index (κ3) is 4.96. The first kappa shape index (κ1) is 21.1. The van der Waals surface area contributed by atoms with Crippen molar-refractivity contribution in [3.05, 3.63) is 46.3 Å². The van der Waals surface area contributed by atoms with E-state index in [9.17, 15) is 18.0 Å². The van der Waals surface area contributed by atoms with Crippen LogP contribution in [-0.2, 0) is 19.6 Å². The van der Waals surface area contributed by atoms with Gasteiger partial charge < -0.3 is 14.5 Å². The summed E-state index contributed by atoms with van der Waals surface area (Å²) in [4.78, 5) is 24.3. The maximum absolute atomic E-state index is 12.3. The van der Waals surface area contributed by atoms with E-state index in [1.165, 1.54) is 45.3 Å². The lowest BCUT2D eigenvalue weighted by atomic mass is 10.2. The van der Waals surface area contributed by atoms with Crippen molar-refractivity contribution in [2.75, 3.05) is 19.4 Å². The number of aryl methyl sites for hydroxylation is 1. The average Bonchev–Trinajstić information content (AvgIpc) is 3.02. The molecule has 1 heterocycles. The molecule has 27 heavy (non-hydrogen) atoms. The zero-order chi connectivity index (χ0) is 20.4. The first-order chi connectivity index (χ1) is 12.5. The van der Waals surface area contributed by atoms with Crippen molar-refractivity contribution in [3.8, 4) is 0 Å². The van der Waals surface area contributed by atoms with Crippen molar-refractivity contribution < 1.29 is 27.2 Å². The number of benzene rings is 1. The summed E-state index contributed by atoms with van der Waals surface area (Å²) >= 11 is 3.07. The van der Waals surface area contributed by atoms with E-state index in [4.69, 9.17) is 9.15 Å². The first-order valence-corrected chi connectivity index (χ1v) is 10.1. The highest BCUT2D eigenvalue weighted by atomic mass is 79.9. The largest absolute Gasteiger partial charge is 0.447 e. The van der Waals surface area contributed by atoms with E-state index in [-0.39, 0.29) is 10.7 Å². The van der Waals surface area contributed by atoms with E-state index >= 15 is 0 Å². The summed E-state index contributed by atoms with van der Waals surface area (Å²) in [6, 6.07) is 7.35. The number of furan rings is 1. The monoisotopic (exact) mass is 458 g/mol. The van der Waals surface area contributed by atoms with Crippen LogP contribution in [-0.4, -0.2) is 44.8 Å². The third-order valence-corrected chi connectivity index (χ3v) is 5.91. The van der Waals surface area contributed by atoms with Gasteiger partial charge >= 0.3 is 5.97 Å². The number of rotatable bonds is 6. The van der Waals surface area contributed by atoms with Crippen molar-refractivity contribution >= 4 is 43.5 Å². The lowest BCUT2D eigenvalue weighted by molar-refractivity contribution is -0.123. The Balaban J connectivity index is 2.14. The number of nitrogens with zero attached hydrogens (tertiary/aromatic N) is 1. The second-order valence-corrected chi connectivity index (χ2v) is 8.84. The molecule has 0 saturated heterocycles. The molecule has 1 atom stereocenters. The number of esters is 1. The minimum Gasteiger partial charge on any atom is -0.447 e. The highest BCUT2D eigenvalue weighted by Gasteiger charge is 2.23. The van der Waals surface area contributed by atoms with E-state index in [0.29, 0.717) is 15.9 Å². The van der Waals surface area contributed by atoms with Crippen molar-refractivity contribution in [2.24, 2.45) is 0 Å². The maximum atomic E-state index is 12.3. The molecular weight excluding hydrogens is 440 g/mol. The van der Waals surface area contributed by atoms with Gasteiger partial charge in [0.1, 0.15) is 0 Å². The predicted octanol–water partition coefficient (Wildman–Crippen LogP) is 2.78. The van der Waals surface area contributed by atoms with Gasteiger partial charge in [-0.3, -0.25) is 4.79 Å². The van der Waals surface area contributed by atoms with Crippen LogP contribution in [0.15, 0.2) is 44.3 Å². The fraction of sp³-hybridized carbons (Fsp3) is 0.294. The van der Waals surface area contributed by atoms with E-state index in [1.54, 1.807) is 13.0 Å². The maximum Gasteiger partial charge on any atom is 0.375 e. The number of sulfonamides is 1. The van der Waals surface area contributed by atoms with Gasteiger partial charge in [0.15, 0.2) is 10.8 Å². The molecule has 2 aromatic rings. The van der Waals surface area contributed by atoms with Crippen molar-refractivity contribution in [2.45, 2.75) is 24.8 Å². The van der Waals surface area contributed by atoms with Gasteiger partial charge in [0, 0.05) is 19.8 Å². The van der Waals surface area contributed by atoms with Crippen LogP contribution in [0.3, 0.4) is 0 Å². The molecule has 0 fully saturated rings. The first-order valence-electron chi connectivity index (χ1n) is 7.82. The molecule has 0 aliphatic heterocycles. The highest BCUT2D eigenvalue weighted by molar-refractivity contribution is 9.10. The standard InChI is InChI=1S/C17H19BrN2O6S/c1-10-5-6-12(27(23,24)20(3)4)9-13(10)19-16(21)11(2)25-17(22)14-7-8-15(18)26-14/h5-9,11H,1-4H3,(H,19,21). The lowest BCUT2D eigenvalue weighted by Crippen LogP contribution is -2.30. The normalized spacial score (nSPS) is 12.7.